The van der Waals surface area contributed by atoms with Crippen LogP contribution in [0.15, 0.2) is 12.1 Å². The predicted octanol–water partition coefficient (Wildman–Crippen LogP) is 1.30. The van der Waals surface area contributed by atoms with E-state index in [9.17, 15) is 18.4 Å². The molecule has 0 atom stereocenters. The van der Waals surface area contributed by atoms with Crippen LogP contribution in [0, 0.1) is 11.6 Å². The molecule has 0 aromatic heterocycles. The summed E-state index contributed by atoms with van der Waals surface area (Å²) in [5.74, 6) is -3.83. The fourth-order valence-corrected chi connectivity index (χ4v) is 1.11. The first-order valence-electron chi connectivity index (χ1n) is 4.37. The van der Waals surface area contributed by atoms with E-state index in [0.29, 0.717) is 6.07 Å². The minimum Gasteiger partial charge on any atom is -0.478 e. The maximum atomic E-state index is 13.3. The van der Waals surface area contributed by atoms with E-state index in [4.69, 9.17) is 5.11 Å². The third kappa shape index (κ3) is 2.75. The number of carboxylic acid groups (broad SMARTS) is 1. The Kier molecular flexibility index (Phi) is 3.55. The van der Waals surface area contributed by atoms with Gasteiger partial charge in [0.25, 0.3) is 0 Å². The highest BCUT2D eigenvalue weighted by molar-refractivity contribution is 5.88. The van der Waals surface area contributed by atoms with Crippen LogP contribution >= 0.6 is 0 Å². The number of carboxylic acids is 1. The molecule has 1 rings (SSSR count). The Bertz CT molecular complexity index is 446. The number of halogens is 2. The number of amides is 1. The number of carbonyl (C=O) groups excluding carboxylic acids is 1. The van der Waals surface area contributed by atoms with Crippen LogP contribution in [0.25, 0.3) is 0 Å². The van der Waals surface area contributed by atoms with E-state index in [0.717, 1.165) is 6.07 Å². The van der Waals surface area contributed by atoms with Gasteiger partial charge in [0.15, 0.2) is 0 Å². The molecule has 86 valence electrons. The third-order valence-corrected chi connectivity index (χ3v) is 1.89. The van der Waals surface area contributed by atoms with Crippen molar-refractivity contribution in [3.05, 3.63) is 34.9 Å². The van der Waals surface area contributed by atoms with E-state index < -0.39 is 23.2 Å². The van der Waals surface area contributed by atoms with Crippen molar-refractivity contribution in [1.82, 2.24) is 5.32 Å². The van der Waals surface area contributed by atoms with Crippen LogP contribution in [0.3, 0.4) is 0 Å². The van der Waals surface area contributed by atoms with Crippen molar-refractivity contribution in [3.63, 3.8) is 0 Å². The van der Waals surface area contributed by atoms with Crippen LogP contribution in [0.2, 0.25) is 0 Å². The highest BCUT2D eigenvalue weighted by atomic mass is 19.1. The largest absolute Gasteiger partial charge is 0.478 e. The quantitative estimate of drug-likeness (QED) is 0.820. The predicted molar refractivity (Wildman–Crippen MR) is 50.8 cm³/mol. The lowest BCUT2D eigenvalue weighted by Crippen LogP contribution is -2.20. The summed E-state index contributed by atoms with van der Waals surface area (Å²) in [6.45, 7) is 1.05. The summed E-state index contributed by atoms with van der Waals surface area (Å²) in [7, 11) is 0. The molecule has 0 bridgehead atoms. The van der Waals surface area contributed by atoms with Crippen molar-refractivity contribution in [3.8, 4) is 0 Å². The number of hydrogen-bond acceptors (Lipinski definition) is 2. The smallest absolute Gasteiger partial charge is 0.338 e. The van der Waals surface area contributed by atoms with Gasteiger partial charge in [0.05, 0.1) is 5.56 Å². The summed E-state index contributed by atoms with van der Waals surface area (Å²) in [6, 6.07) is 1.35. The molecule has 6 heteroatoms. The molecule has 4 nitrogen and oxygen atoms in total. The second-order valence-electron chi connectivity index (χ2n) is 3.14. The van der Waals surface area contributed by atoms with Crippen molar-refractivity contribution in [2.45, 2.75) is 13.5 Å². The average Bonchev–Trinajstić information content (AvgIpc) is 2.18. The molecule has 0 heterocycles. The van der Waals surface area contributed by atoms with Gasteiger partial charge in [-0.2, -0.15) is 0 Å². The van der Waals surface area contributed by atoms with Crippen LogP contribution < -0.4 is 5.32 Å². The topological polar surface area (TPSA) is 66.4 Å². The lowest BCUT2D eigenvalue weighted by molar-refractivity contribution is -0.119. The minimum absolute atomic E-state index is 0.0994. The molecule has 0 aliphatic rings. The average molecular weight is 229 g/mol. The van der Waals surface area contributed by atoms with E-state index in [-0.39, 0.29) is 18.0 Å². The summed E-state index contributed by atoms with van der Waals surface area (Å²) in [6.07, 6.45) is 0. The zero-order valence-corrected chi connectivity index (χ0v) is 8.38. The van der Waals surface area contributed by atoms with Gasteiger partial charge in [-0.15, -0.1) is 0 Å². The van der Waals surface area contributed by atoms with Gasteiger partial charge >= 0.3 is 5.97 Å². The highest BCUT2D eigenvalue weighted by Gasteiger charge is 2.14. The van der Waals surface area contributed by atoms with Crippen LogP contribution in [-0.4, -0.2) is 17.0 Å². The molecule has 0 fully saturated rings. The first kappa shape index (κ1) is 12.1. The Labute approximate surface area is 89.9 Å². The van der Waals surface area contributed by atoms with E-state index in [1.807, 2.05) is 0 Å². The normalized spacial score (nSPS) is 9.94. The minimum atomic E-state index is -1.54. The maximum Gasteiger partial charge on any atom is 0.338 e. The molecule has 0 unspecified atom stereocenters. The summed E-state index contributed by atoms with van der Waals surface area (Å²) in [5.41, 5.74) is -0.832. The molecule has 16 heavy (non-hydrogen) atoms. The number of benzene rings is 1. The lowest BCUT2D eigenvalue weighted by atomic mass is 10.1. The van der Waals surface area contributed by atoms with Gasteiger partial charge in [-0.1, -0.05) is 0 Å². The van der Waals surface area contributed by atoms with E-state index in [1.165, 1.54) is 6.92 Å². The number of aromatic carboxylic acids is 1. The second kappa shape index (κ2) is 4.69. The molecular formula is C10H9F2NO3. The molecule has 1 aromatic rings. The lowest BCUT2D eigenvalue weighted by Gasteiger charge is -2.06. The molecular weight excluding hydrogens is 220 g/mol. The van der Waals surface area contributed by atoms with Crippen LogP contribution in [-0.2, 0) is 11.3 Å². The number of hydrogen-bond donors (Lipinski definition) is 2. The van der Waals surface area contributed by atoms with Gasteiger partial charge in [0.2, 0.25) is 5.91 Å². The summed E-state index contributed by atoms with van der Waals surface area (Å²) in [5, 5.41) is 10.8. The molecule has 0 saturated heterocycles. The van der Waals surface area contributed by atoms with E-state index in [2.05, 4.69) is 5.32 Å². The zero-order chi connectivity index (χ0) is 12.3. The van der Waals surface area contributed by atoms with Crippen LogP contribution in [0.1, 0.15) is 22.8 Å². The summed E-state index contributed by atoms with van der Waals surface area (Å²) >= 11 is 0. The standard InChI is InChI=1S/C10H9F2NO3/c1-5(14)13-4-6-2-9(12)7(10(15)16)3-8(6)11/h2-3H,4H2,1H3,(H,13,14)(H,15,16). The molecule has 0 aliphatic heterocycles. The maximum absolute atomic E-state index is 13.3. The molecule has 1 amide bonds. The fourth-order valence-electron chi connectivity index (χ4n) is 1.11. The molecule has 0 radical (unpaired) electrons. The molecule has 0 aliphatic carbocycles. The van der Waals surface area contributed by atoms with Gasteiger partial charge in [-0.05, 0) is 12.1 Å². The van der Waals surface area contributed by atoms with E-state index in [1.54, 1.807) is 0 Å². The van der Waals surface area contributed by atoms with Crippen molar-refractivity contribution < 1.29 is 23.5 Å². The Morgan fingerprint density at radius 3 is 2.44 bits per heavy atom. The molecule has 1 aromatic carbocycles. The summed E-state index contributed by atoms with van der Waals surface area (Å²) in [4.78, 5) is 21.0. The Morgan fingerprint density at radius 1 is 1.31 bits per heavy atom. The third-order valence-electron chi connectivity index (χ3n) is 1.89. The van der Waals surface area contributed by atoms with Crippen molar-refractivity contribution >= 4 is 11.9 Å². The molecule has 0 spiro atoms. The zero-order valence-electron chi connectivity index (χ0n) is 8.38. The first-order valence-corrected chi connectivity index (χ1v) is 4.37. The van der Waals surface area contributed by atoms with Crippen LogP contribution in [0.4, 0.5) is 8.78 Å². The molecule has 0 saturated carbocycles. The van der Waals surface area contributed by atoms with Crippen molar-refractivity contribution in [1.29, 1.82) is 0 Å². The Morgan fingerprint density at radius 2 is 1.94 bits per heavy atom. The van der Waals surface area contributed by atoms with Gasteiger partial charge in [-0.25, -0.2) is 13.6 Å². The Hall–Kier alpha value is -1.98. The number of rotatable bonds is 3. The van der Waals surface area contributed by atoms with Crippen molar-refractivity contribution in [2.75, 3.05) is 0 Å². The summed E-state index contributed by atoms with van der Waals surface area (Å²) < 4.78 is 26.4. The fraction of sp³-hybridized carbons (Fsp3) is 0.200. The SMILES string of the molecule is CC(=O)NCc1cc(F)c(C(=O)O)cc1F. The van der Waals surface area contributed by atoms with Gasteiger partial charge in [0.1, 0.15) is 11.6 Å². The van der Waals surface area contributed by atoms with Crippen molar-refractivity contribution in [2.24, 2.45) is 0 Å². The van der Waals surface area contributed by atoms with Gasteiger partial charge in [-0.3, -0.25) is 4.79 Å². The number of carbonyl (C=O) groups is 2. The van der Waals surface area contributed by atoms with Gasteiger partial charge < -0.3 is 10.4 Å². The van der Waals surface area contributed by atoms with Crippen LogP contribution in [0.5, 0.6) is 0 Å². The Balaban J connectivity index is 3.01. The highest BCUT2D eigenvalue weighted by Crippen LogP contribution is 2.15. The number of nitrogens with one attached hydrogen (secondary N) is 1. The second-order valence-corrected chi connectivity index (χ2v) is 3.14. The monoisotopic (exact) mass is 229 g/mol. The van der Waals surface area contributed by atoms with E-state index >= 15 is 0 Å². The first-order chi connectivity index (χ1) is 7.41. The molecule has 2 N–H and O–H groups in total. The van der Waals surface area contributed by atoms with Gasteiger partial charge in [0, 0.05) is 19.0 Å².